The third kappa shape index (κ3) is 5.44. The van der Waals surface area contributed by atoms with Crippen molar-refractivity contribution in [2.45, 2.75) is 50.1 Å². The summed E-state index contributed by atoms with van der Waals surface area (Å²) in [4.78, 5) is 0. The first-order chi connectivity index (χ1) is 14.0. The zero-order chi connectivity index (χ0) is 23.8. The fraction of sp³-hybridized carbons (Fsp3) is 0.429. The smallest absolute Gasteiger partial charge is 0.417 e. The molecule has 2 aromatic carbocycles. The lowest BCUT2D eigenvalue weighted by Crippen LogP contribution is -2.51. The number of hydrogen-bond acceptors (Lipinski definition) is 2. The fourth-order valence-electron chi connectivity index (χ4n) is 3.55. The Balaban J connectivity index is 2.53. The predicted octanol–water partition coefficient (Wildman–Crippen LogP) is 6.71. The Bertz CT molecular complexity index is 938. The predicted molar refractivity (Wildman–Crippen MR) is 102 cm³/mol. The Hall–Kier alpha value is -2.00. The van der Waals surface area contributed by atoms with Crippen LogP contribution in [0.15, 0.2) is 36.4 Å². The molecule has 0 aliphatic heterocycles. The number of methoxy groups -OCH3 is 1. The Kier molecular flexibility index (Phi) is 6.93. The maximum absolute atomic E-state index is 13.9. The molecule has 31 heavy (non-hydrogen) atoms. The van der Waals surface area contributed by atoms with Crippen molar-refractivity contribution in [2.24, 2.45) is 0 Å². The van der Waals surface area contributed by atoms with Gasteiger partial charge in [-0.15, -0.1) is 0 Å². The first kappa shape index (κ1) is 25.3. The van der Waals surface area contributed by atoms with Crippen LogP contribution in [-0.4, -0.2) is 24.0 Å². The number of ether oxygens (including phenoxy) is 1. The summed E-state index contributed by atoms with van der Waals surface area (Å²) in [6.45, 7) is 2.68. The zero-order valence-electron chi connectivity index (χ0n) is 16.8. The van der Waals surface area contributed by atoms with E-state index in [0.29, 0.717) is 6.07 Å². The van der Waals surface area contributed by atoms with Crippen LogP contribution in [0.4, 0.5) is 30.7 Å². The largest absolute Gasteiger partial charge is 0.496 e. The quantitative estimate of drug-likeness (QED) is 0.473. The minimum atomic E-state index is -5.22. The van der Waals surface area contributed by atoms with Gasteiger partial charge in [0.25, 0.3) is 0 Å². The molecule has 0 heterocycles. The van der Waals surface area contributed by atoms with Crippen LogP contribution in [-0.2, 0) is 18.0 Å². The van der Waals surface area contributed by atoms with Crippen LogP contribution in [0, 0.1) is 5.82 Å². The molecule has 0 fully saturated rings. The molecule has 0 saturated carbocycles. The Morgan fingerprint density at radius 3 is 2.10 bits per heavy atom. The molecule has 0 spiro atoms. The van der Waals surface area contributed by atoms with Gasteiger partial charge in [-0.1, -0.05) is 37.6 Å². The molecule has 2 nitrogen and oxygen atoms in total. The van der Waals surface area contributed by atoms with Gasteiger partial charge in [-0.05, 0) is 41.7 Å². The Morgan fingerprint density at radius 2 is 1.58 bits per heavy atom. The normalized spacial score (nSPS) is 15.0. The third-order valence-electron chi connectivity index (χ3n) is 5.02. The van der Waals surface area contributed by atoms with Gasteiger partial charge in [-0.25, -0.2) is 4.39 Å². The highest BCUT2D eigenvalue weighted by Gasteiger charge is 2.56. The summed E-state index contributed by atoms with van der Waals surface area (Å²) in [6.07, 6.45) is -12.3. The summed E-state index contributed by atoms with van der Waals surface area (Å²) in [7, 11) is 1.26. The number of alkyl halides is 6. The highest BCUT2D eigenvalue weighted by Crippen LogP contribution is 2.46. The first-order valence-corrected chi connectivity index (χ1v) is 9.37. The van der Waals surface area contributed by atoms with Crippen LogP contribution in [0.2, 0.25) is 5.02 Å². The van der Waals surface area contributed by atoms with E-state index in [1.54, 1.807) is 0 Å². The lowest BCUT2D eigenvalue weighted by molar-refractivity contribution is -0.266. The Morgan fingerprint density at radius 1 is 0.968 bits per heavy atom. The molecule has 1 N–H and O–H groups in total. The summed E-state index contributed by atoms with van der Waals surface area (Å²) >= 11 is 5.74. The van der Waals surface area contributed by atoms with E-state index in [0.717, 1.165) is 24.3 Å². The lowest BCUT2D eigenvalue weighted by atomic mass is 9.72. The summed E-state index contributed by atoms with van der Waals surface area (Å²) in [6, 6.07) is 5.85. The summed E-state index contributed by atoms with van der Waals surface area (Å²) < 4.78 is 100.0. The van der Waals surface area contributed by atoms with Crippen molar-refractivity contribution < 1.29 is 40.6 Å². The number of aliphatic hydroxyl groups is 1. The van der Waals surface area contributed by atoms with Crippen molar-refractivity contribution in [1.82, 2.24) is 0 Å². The minimum absolute atomic E-state index is 0.0628. The van der Waals surface area contributed by atoms with E-state index >= 15 is 0 Å². The van der Waals surface area contributed by atoms with Gasteiger partial charge in [0.1, 0.15) is 11.6 Å². The summed E-state index contributed by atoms with van der Waals surface area (Å²) in [5.41, 5.74) is -6.69. The molecule has 0 aliphatic rings. The SMILES string of the molecule is COc1ccc(F)cc1C(C)(C)CC(O)(Cc1cccc(C(F)(F)F)c1Cl)C(F)(F)F. The van der Waals surface area contributed by atoms with Gasteiger partial charge in [0.05, 0.1) is 17.7 Å². The van der Waals surface area contributed by atoms with Crippen LogP contribution in [0.3, 0.4) is 0 Å². The maximum Gasteiger partial charge on any atom is 0.417 e. The van der Waals surface area contributed by atoms with E-state index in [-0.39, 0.29) is 11.3 Å². The molecule has 2 rings (SSSR count). The van der Waals surface area contributed by atoms with Gasteiger partial charge >= 0.3 is 12.4 Å². The highest BCUT2D eigenvalue weighted by molar-refractivity contribution is 6.32. The fourth-order valence-corrected chi connectivity index (χ4v) is 3.85. The topological polar surface area (TPSA) is 29.5 Å². The molecule has 0 aromatic heterocycles. The van der Waals surface area contributed by atoms with Crippen molar-refractivity contribution >= 4 is 11.6 Å². The molecule has 1 atom stereocenters. The lowest BCUT2D eigenvalue weighted by Gasteiger charge is -2.38. The molecule has 0 radical (unpaired) electrons. The molecular formula is C21H20ClF7O2. The third-order valence-corrected chi connectivity index (χ3v) is 5.47. The van der Waals surface area contributed by atoms with Gasteiger partial charge in [0.2, 0.25) is 0 Å². The highest BCUT2D eigenvalue weighted by atomic mass is 35.5. The number of rotatable bonds is 6. The standard InChI is InChI=1S/C21H20ClF7O2/c1-18(2,15-9-13(23)7-8-16(15)31-3)11-19(30,21(27,28)29)10-12-5-4-6-14(17(12)22)20(24,25)26/h4-9,30H,10-11H2,1-3H3. The average Bonchev–Trinajstić information content (AvgIpc) is 2.61. The van der Waals surface area contributed by atoms with Crippen LogP contribution in [0.1, 0.15) is 37.0 Å². The molecular weight excluding hydrogens is 453 g/mol. The first-order valence-electron chi connectivity index (χ1n) is 8.99. The van der Waals surface area contributed by atoms with Crippen LogP contribution < -0.4 is 4.74 Å². The van der Waals surface area contributed by atoms with Crippen LogP contribution >= 0.6 is 11.6 Å². The summed E-state index contributed by atoms with van der Waals surface area (Å²) in [5.74, 6) is -0.617. The molecule has 172 valence electrons. The van der Waals surface area contributed by atoms with Gasteiger partial charge in [0, 0.05) is 12.0 Å². The second-order valence-corrected chi connectivity index (χ2v) is 8.27. The molecule has 1 unspecified atom stereocenters. The molecule has 10 heteroatoms. The second-order valence-electron chi connectivity index (χ2n) is 7.89. The van der Waals surface area contributed by atoms with E-state index in [1.807, 2.05) is 0 Å². The maximum atomic E-state index is 13.9. The molecule has 2 aromatic rings. The number of halogens is 8. The van der Waals surface area contributed by atoms with Gasteiger partial charge < -0.3 is 9.84 Å². The molecule has 0 bridgehead atoms. The summed E-state index contributed by atoms with van der Waals surface area (Å²) in [5, 5.41) is 9.73. The van der Waals surface area contributed by atoms with Gasteiger partial charge in [-0.3, -0.25) is 0 Å². The monoisotopic (exact) mass is 472 g/mol. The van der Waals surface area contributed by atoms with Crippen molar-refractivity contribution in [3.05, 3.63) is 63.9 Å². The van der Waals surface area contributed by atoms with E-state index in [2.05, 4.69) is 0 Å². The van der Waals surface area contributed by atoms with Crippen LogP contribution in [0.25, 0.3) is 0 Å². The van der Waals surface area contributed by atoms with Crippen LogP contribution in [0.5, 0.6) is 5.75 Å². The zero-order valence-corrected chi connectivity index (χ0v) is 17.5. The van der Waals surface area contributed by atoms with E-state index in [4.69, 9.17) is 16.3 Å². The molecule has 0 amide bonds. The van der Waals surface area contributed by atoms with Crippen molar-refractivity contribution in [3.63, 3.8) is 0 Å². The van der Waals surface area contributed by atoms with Gasteiger partial charge in [0.15, 0.2) is 5.60 Å². The van der Waals surface area contributed by atoms with Crippen molar-refractivity contribution in [1.29, 1.82) is 0 Å². The van der Waals surface area contributed by atoms with Crippen molar-refractivity contribution in [2.75, 3.05) is 7.11 Å². The number of hydrogen-bond donors (Lipinski definition) is 1. The second kappa shape index (κ2) is 8.50. The average molecular weight is 473 g/mol. The molecule has 0 aliphatic carbocycles. The van der Waals surface area contributed by atoms with E-state index in [1.165, 1.54) is 27.0 Å². The van der Waals surface area contributed by atoms with Gasteiger partial charge in [-0.2, -0.15) is 26.3 Å². The van der Waals surface area contributed by atoms with Crippen molar-refractivity contribution in [3.8, 4) is 5.75 Å². The Labute approximate surface area is 179 Å². The van der Waals surface area contributed by atoms with E-state index < -0.39 is 58.2 Å². The minimum Gasteiger partial charge on any atom is -0.496 e. The van der Waals surface area contributed by atoms with E-state index in [9.17, 15) is 35.8 Å². The number of benzene rings is 2. The molecule has 0 saturated heterocycles.